The SMILES string of the molecule is O=C1CCc2cc(OCCCC3CCCO3)ccc21. The maximum atomic E-state index is 11.5. The molecule has 3 rings (SSSR count). The van der Waals surface area contributed by atoms with Crippen LogP contribution in [0.3, 0.4) is 0 Å². The average molecular weight is 260 g/mol. The zero-order valence-corrected chi connectivity index (χ0v) is 11.2. The van der Waals surface area contributed by atoms with Gasteiger partial charge in [0.1, 0.15) is 5.75 Å². The first-order chi connectivity index (χ1) is 9.33. The van der Waals surface area contributed by atoms with Crippen LogP contribution < -0.4 is 4.74 Å². The summed E-state index contributed by atoms with van der Waals surface area (Å²) in [6.07, 6.45) is 6.47. The van der Waals surface area contributed by atoms with Crippen molar-refractivity contribution in [3.05, 3.63) is 29.3 Å². The van der Waals surface area contributed by atoms with Crippen molar-refractivity contribution < 1.29 is 14.3 Å². The number of carbonyl (C=O) groups excluding carboxylic acids is 1. The number of Topliss-reactive ketones (excluding diaryl/α,β-unsaturated/α-hetero) is 1. The number of ether oxygens (including phenoxy) is 2. The minimum atomic E-state index is 0.264. The summed E-state index contributed by atoms with van der Waals surface area (Å²) in [6, 6.07) is 5.83. The number of hydrogen-bond donors (Lipinski definition) is 0. The van der Waals surface area contributed by atoms with Crippen LogP contribution in [0.15, 0.2) is 18.2 Å². The first kappa shape index (κ1) is 12.7. The molecular formula is C16H20O3. The van der Waals surface area contributed by atoms with E-state index in [0.29, 0.717) is 12.5 Å². The highest BCUT2D eigenvalue weighted by molar-refractivity contribution is 6.00. The van der Waals surface area contributed by atoms with Gasteiger partial charge in [0.25, 0.3) is 0 Å². The Morgan fingerprint density at radius 1 is 1.32 bits per heavy atom. The van der Waals surface area contributed by atoms with Gasteiger partial charge in [0, 0.05) is 18.6 Å². The highest BCUT2D eigenvalue weighted by Crippen LogP contribution is 2.26. The number of carbonyl (C=O) groups is 1. The van der Waals surface area contributed by atoms with Gasteiger partial charge in [-0.15, -0.1) is 0 Å². The molecular weight excluding hydrogens is 240 g/mol. The average Bonchev–Trinajstić information content (AvgIpc) is 3.05. The molecule has 1 aromatic carbocycles. The molecule has 1 aliphatic carbocycles. The van der Waals surface area contributed by atoms with Crippen LogP contribution >= 0.6 is 0 Å². The summed E-state index contributed by atoms with van der Waals surface area (Å²) in [5, 5.41) is 0. The number of aryl methyl sites for hydroxylation is 1. The van der Waals surface area contributed by atoms with Crippen molar-refractivity contribution in [3.8, 4) is 5.75 Å². The Morgan fingerprint density at radius 2 is 2.26 bits per heavy atom. The van der Waals surface area contributed by atoms with Crippen molar-refractivity contribution in [3.63, 3.8) is 0 Å². The molecule has 0 saturated carbocycles. The number of ketones is 1. The zero-order valence-electron chi connectivity index (χ0n) is 11.2. The van der Waals surface area contributed by atoms with E-state index in [4.69, 9.17) is 9.47 Å². The zero-order chi connectivity index (χ0) is 13.1. The molecule has 1 fully saturated rings. The lowest BCUT2D eigenvalue weighted by molar-refractivity contribution is 0.0980. The molecule has 1 saturated heterocycles. The Balaban J connectivity index is 1.46. The standard InChI is InChI=1S/C16H20O3/c17-16-8-5-12-11-14(6-7-15(12)16)19-10-2-4-13-3-1-9-18-13/h6-7,11,13H,1-5,8-10H2. The molecule has 1 atom stereocenters. The summed E-state index contributed by atoms with van der Waals surface area (Å²) < 4.78 is 11.3. The van der Waals surface area contributed by atoms with Crippen molar-refractivity contribution in [2.75, 3.05) is 13.2 Å². The third-order valence-electron chi connectivity index (χ3n) is 3.96. The van der Waals surface area contributed by atoms with Crippen LogP contribution in [0.4, 0.5) is 0 Å². The van der Waals surface area contributed by atoms with Crippen molar-refractivity contribution in [2.24, 2.45) is 0 Å². The van der Waals surface area contributed by atoms with Crippen LogP contribution in [0.2, 0.25) is 0 Å². The van der Waals surface area contributed by atoms with E-state index in [1.165, 1.54) is 12.8 Å². The molecule has 1 unspecified atom stereocenters. The van der Waals surface area contributed by atoms with Crippen molar-refractivity contribution >= 4 is 5.78 Å². The predicted octanol–water partition coefficient (Wildman–Crippen LogP) is 3.15. The molecule has 1 heterocycles. The fourth-order valence-electron chi connectivity index (χ4n) is 2.89. The van der Waals surface area contributed by atoms with E-state index in [0.717, 1.165) is 49.4 Å². The molecule has 3 nitrogen and oxygen atoms in total. The number of benzene rings is 1. The largest absolute Gasteiger partial charge is 0.494 e. The van der Waals surface area contributed by atoms with Crippen molar-refractivity contribution in [1.29, 1.82) is 0 Å². The van der Waals surface area contributed by atoms with Crippen molar-refractivity contribution in [2.45, 2.75) is 44.6 Å². The number of rotatable bonds is 5. The lowest BCUT2D eigenvalue weighted by Crippen LogP contribution is -2.07. The van der Waals surface area contributed by atoms with E-state index in [9.17, 15) is 4.79 Å². The summed E-state index contributed by atoms with van der Waals surface area (Å²) in [4.78, 5) is 11.5. The van der Waals surface area contributed by atoms with Crippen molar-refractivity contribution in [1.82, 2.24) is 0 Å². The van der Waals surface area contributed by atoms with Gasteiger partial charge < -0.3 is 9.47 Å². The summed E-state index contributed by atoms with van der Waals surface area (Å²) >= 11 is 0. The van der Waals surface area contributed by atoms with E-state index >= 15 is 0 Å². The van der Waals surface area contributed by atoms with Gasteiger partial charge in [-0.05, 0) is 55.9 Å². The monoisotopic (exact) mass is 260 g/mol. The molecule has 0 N–H and O–H groups in total. The summed E-state index contributed by atoms with van der Waals surface area (Å²) in [6.45, 7) is 1.65. The van der Waals surface area contributed by atoms with Gasteiger partial charge in [-0.25, -0.2) is 0 Å². The third kappa shape index (κ3) is 2.98. The van der Waals surface area contributed by atoms with Crippen LogP contribution in [0.5, 0.6) is 5.75 Å². The Bertz CT molecular complexity index is 461. The predicted molar refractivity (Wildman–Crippen MR) is 72.8 cm³/mol. The molecule has 0 aromatic heterocycles. The summed E-state index contributed by atoms with van der Waals surface area (Å²) in [5.41, 5.74) is 2.02. The van der Waals surface area contributed by atoms with Gasteiger partial charge in [0.05, 0.1) is 12.7 Å². The topological polar surface area (TPSA) is 35.5 Å². The second-order valence-electron chi connectivity index (χ2n) is 5.37. The minimum Gasteiger partial charge on any atom is -0.494 e. The van der Waals surface area contributed by atoms with Crippen LogP contribution in [-0.2, 0) is 11.2 Å². The highest BCUT2D eigenvalue weighted by Gasteiger charge is 2.19. The molecule has 0 spiro atoms. The Kier molecular flexibility index (Phi) is 3.83. The maximum absolute atomic E-state index is 11.5. The van der Waals surface area contributed by atoms with E-state index in [2.05, 4.69) is 0 Å². The van der Waals surface area contributed by atoms with E-state index in [1.807, 2.05) is 18.2 Å². The highest BCUT2D eigenvalue weighted by atomic mass is 16.5. The molecule has 3 heteroatoms. The summed E-state index contributed by atoms with van der Waals surface area (Å²) in [7, 11) is 0. The second kappa shape index (κ2) is 5.74. The Hall–Kier alpha value is -1.35. The Morgan fingerprint density at radius 3 is 3.11 bits per heavy atom. The summed E-state index contributed by atoms with van der Waals surface area (Å²) in [5.74, 6) is 1.15. The first-order valence-electron chi connectivity index (χ1n) is 7.23. The molecule has 19 heavy (non-hydrogen) atoms. The van der Waals surface area contributed by atoms with Gasteiger partial charge in [0.15, 0.2) is 5.78 Å². The molecule has 0 radical (unpaired) electrons. The lowest BCUT2D eigenvalue weighted by atomic mass is 10.1. The normalized spacial score (nSPS) is 21.7. The Labute approximate surface area is 113 Å². The molecule has 0 amide bonds. The van der Waals surface area contributed by atoms with E-state index in [-0.39, 0.29) is 5.78 Å². The van der Waals surface area contributed by atoms with Crippen LogP contribution in [0, 0.1) is 0 Å². The second-order valence-corrected chi connectivity index (χ2v) is 5.37. The van der Waals surface area contributed by atoms with Gasteiger partial charge >= 0.3 is 0 Å². The molecule has 1 aromatic rings. The van der Waals surface area contributed by atoms with Gasteiger partial charge in [-0.1, -0.05) is 0 Å². The van der Waals surface area contributed by atoms with E-state index in [1.54, 1.807) is 0 Å². The fourth-order valence-corrected chi connectivity index (χ4v) is 2.89. The third-order valence-corrected chi connectivity index (χ3v) is 3.96. The van der Waals surface area contributed by atoms with Crippen LogP contribution in [-0.4, -0.2) is 25.1 Å². The van der Waals surface area contributed by atoms with Gasteiger partial charge in [0.2, 0.25) is 0 Å². The van der Waals surface area contributed by atoms with Crippen LogP contribution in [0.25, 0.3) is 0 Å². The molecule has 1 aliphatic heterocycles. The molecule has 2 aliphatic rings. The number of fused-ring (bicyclic) bond motifs is 1. The number of hydrogen-bond acceptors (Lipinski definition) is 3. The van der Waals surface area contributed by atoms with Gasteiger partial charge in [-0.2, -0.15) is 0 Å². The maximum Gasteiger partial charge on any atom is 0.163 e. The lowest BCUT2D eigenvalue weighted by Gasteiger charge is -2.10. The molecule has 0 bridgehead atoms. The first-order valence-corrected chi connectivity index (χ1v) is 7.23. The fraction of sp³-hybridized carbons (Fsp3) is 0.562. The minimum absolute atomic E-state index is 0.264. The van der Waals surface area contributed by atoms with Crippen LogP contribution in [0.1, 0.15) is 48.0 Å². The quantitative estimate of drug-likeness (QED) is 0.763. The van der Waals surface area contributed by atoms with E-state index < -0.39 is 0 Å². The smallest absolute Gasteiger partial charge is 0.163 e. The molecule has 102 valence electrons. The van der Waals surface area contributed by atoms with Gasteiger partial charge in [-0.3, -0.25) is 4.79 Å².